The molecule has 1 saturated carbocycles. The fraction of sp³-hybridized carbons (Fsp3) is 0.417. The summed E-state index contributed by atoms with van der Waals surface area (Å²) in [7, 11) is 0. The van der Waals surface area contributed by atoms with Crippen LogP contribution in [0.1, 0.15) is 24.8 Å². The van der Waals surface area contributed by atoms with Gasteiger partial charge in [0.25, 0.3) is 0 Å². The summed E-state index contributed by atoms with van der Waals surface area (Å²) in [5, 5.41) is 0. The molecule has 15 heavy (non-hydrogen) atoms. The SMILES string of the molecule is O=C1CCC(Cc2cc(F)cc(F)c2)C1. The van der Waals surface area contributed by atoms with Crippen molar-refractivity contribution in [2.75, 3.05) is 0 Å². The number of carbonyl (C=O) groups is 1. The normalized spacial score (nSPS) is 20.9. The van der Waals surface area contributed by atoms with Gasteiger partial charge in [0.1, 0.15) is 17.4 Å². The maximum absolute atomic E-state index is 12.9. The van der Waals surface area contributed by atoms with Crippen molar-refractivity contribution in [3.05, 3.63) is 35.4 Å². The van der Waals surface area contributed by atoms with Crippen molar-refractivity contribution in [2.45, 2.75) is 25.7 Å². The Hall–Kier alpha value is -1.25. The number of hydrogen-bond acceptors (Lipinski definition) is 1. The lowest BCUT2D eigenvalue weighted by atomic mass is 9.98. The molecule has 1 atom stereocenters. The Morgan fingerprint density at radius 2 is 1.87 bits per heavy atom. The van der Waals surface area contributed by atoms with E-state index in [1.54, 1.807) is 0 Å². The Labute approximate surface area is 87.1 Å². The second-order valence-electron chi connectivity index (χ2n) is 4.13. The Kier molecular flexibility index (Phi) is 2.80. The second-order valence-corrected chi connectivity index (χ2v) is 4.13. The van der Waals surface area contributed by atoms with Crippen molar-refractivity contribution in [3.8, 4) is 0 Å². The molecule has 1 nitrogen and oxygen atoms in total. The fourth-order valence-electron chi connectivity index (χ4n) is 2.13. The first-order valence-corrected chi connectivity index (χ1v) is 5.10. The van der Waals surface area contributed by atoms with Crippen LogP contribution in [0.25, 0.3) is 0 Å². The molecule has 0 aromatic heterocycles. The van der Waals surface area contributed by atoms with Gasteiger partial charge in [0.2, 0.25) is 0 Å². The highest BCUT2D eigenvalue weighted by molar-refractivity contribution is 5.80. The molecule has 1 fully saturated rings. The van der Waals surface area contributed by atoms with E-state index in [1.807, 2.05) is 0 Å². The predicted octanol–water partition coefficient (Wildman–Crippen LogP) is 2.88. The van der Waals surface area contributed by atoms with E-state index in [0.717, 1.165) is 12.5 Å². The minimum Gasteiger partial charge on any atom is -0.300 e. The summed E-state index contributed by atoms with van der Waals surface area (Å²) in [6.45, 7) is 0. The summed E-state index contributed by atoms with van der Waals surface area (Å²) < 4.78 is 25.7. The molecule has 0 amide bonds. The summed E-state index contributed by atoms with van der Waals surface area (Å²) in [6.07, 6.45) is 2.61. The highest BCUT2D eigenvalue weighted by atomic mass is 19.1. The molecule has 2 rings (SSSR count). The summed E-state index contributed by atoms with van der Waals surface area (Å²) in [5.74, 6) is -0.570. The largest absolute Gasteiger partial charge is 0.300 e. The molecule has 1 unspecified atom stereocenters. The molecule has 0 heterocycles. The molecule has 3 heteroatoms. The van der Waals surface area contributed by atoms with Crippen LogP contribution in [0.5, 0.6) is 0 Å². The van der Waals surface area contributed by atoms with E-state index in [2.05, 4.69) is 0 Å². The van der Waals surface area contributed by atoms with E-state index in [-0.39, 0.29) is 11.7 Å². The van der Waals surface area contributed by atoms with Crippen LogP contribution in [0, 0.1) is 17.6 Å². The van der Waals surface area contributed by atoms with Crippen LogP contribution in [0.15, 0.2) is 18.2 Å². The number of Topliss-reactive ketones (excluding diaryl/α,β-unsaturated/α-hetero) is 1. The van der Waals surface area contributed by atoms with Gasteiger partial charge in [0.15, 0.2) is 0 Å². The molecule has 1 aromatic rings. The fourth-order valence-corrected chi connectivity index (χ4v) is 2.13. The first kappa shape index (κ1) is 10.3. The average molecular weight is 210 g/mol. The quantitative estimate of drug-likeness (QED) is 0.733. The minimum atomic E-state index is -0.547. The lowest BCUT2D eigenvalue weighted by Crippen LogP contribution is -2.01. The van der Waals surface area contributed by atoms with Gasteiger partial charge in [-0.15, -0.1) is 0 Å². The Morgan fingerprint density at radius 1 is 1.20 bits per heavy atom. The Bertz CT molecular complexity index is 367. The van der Waals surface area contributed by atoms with Gasteiger partial charge in [0, 0.05) is 18.9 Å². The molecule has 0 spiro atoms. The monoisotopic (exact) mass is 210 g/mol. The van der Waals surface area contributed by atoms with Crippen molar-refractivity contribution in [3.63, 3.8) is 0 Å². The predicted molar refractivity (Wildman–Crippen MR) is 52.4 cm³/mol. The van der Waals surface area contributed by atoms with Crippen LogP contribution in [0.4, 0.5) is 8.78 Å². The number of ketones is 1. The summed E-state index contributed by atoms with van der Waals surface area (Å²) in [6, 6.07) is 3.54. The molecule has 1 aliphatic rings. The van der Waals surface area contributed by atoms with E-state index >= 15 is 0 Å². The van der Waals surface area contributed by atoms with E-state index in [0.29, 0.717) is 24.8 Å². The van der Waals surface area contributed by atoms with Gasteiger partial charge in [-0.05, 0) is 36.5 Å². The molecule has 1 aliphatic carbocycles. The van der Waals surface area contributed by atoms with Gasteiger partial charge in [0.05, 0.1) is 0 Å². The van der Waals surface area contributed by atoms with Crippen LogP contribution < -0.4 is 0 Å². The number of halogens is 2. The highest BCUT2D eigenvalue weighted by Crippen LogP contribution is 2.26. The van der Waals surface area contributed by atoms with Crippen LogP contribution in [0.2, 0.25) is 0 Å². The third-order valence-corrected chi connectivity index (χ3v) is 2.79. The molecular formula is C12H12F2O. The van der Waals surface area contributed by atoms with Gasteiger partial charge in [-0.1, -0.05) is 0 Å². The average Bonchev–Trinajstić information content (AvgIpc) is 2.49. The van der Waals surface area contributed by atoms with Crippen molar-refractivity contribution >= 4 is 5.78 Å². The van der Waals surface area contributed by atoms with Crippen LogP contribution >= 0.6 is 0 Å². The van der Waals surface area contributed by atoms with Gasteiger partial charge in [-0.3, -0.25) is 4.79 Å². The molecule has 1 aromatic carbocycles. The van der Waals surface area contributed by atoms with Crippen molar-refractivity contribution in [1.29, 1.82) is 0 Å². The number of carbonyl (C=O) groups excluding carboxylic acids is 1. The zero-order chi connectivity index (χ0) is 10.8. The number of rotatable bonds is 2. The summed E-state index contributed by atoms with van der Waals surface area (Å²) in [5.41, 5.74) is 0.646. The van der Waals surface area contributed by atoms with E-state index in [4.69, 9.17) is 0 Å². The Balaban J connectivity index is 2.07. The van der Waals surface area contributed by atoms with E-state index in [9.17, 15) is 13.6 Å². The van der Waals surface area contributed by atoms with Crippen LogP contribution in [-0.4, -0.2) is 5.78 Å². The van der Waals surface area contributed by atoms with Crippen molar-refractivity contribution in [2.24, 2.45) is 5.92 Å². The van der Waals surface area contributed by atoms with Gasteiger partial charge in [-0.2, -0.15) is 0 Å². The van der Waals surface area contributed by atoms with Crippen molar-refractivity contribution < 1.29 is 13.6 Å². The lowest BCUT2D eigenvalue weighted by Gasteiger charge is -2.07. The maximum atomic E-state index is 12.9. The summed E-state index contributed by atoms with van der Waals surface area (Å²) in [4.78, 5) is 11.0. The standard InChI is InChI=1S/C12H12F2O/c13-10-4-9(5-11(14)7-10)3-8-1-2-12(15)6-8/h4-5,7-8H,1-3,6H2. The van der Waals surface area contributed by atoms with Gasteiger partial charge in [-0.25, -0.2) is 8.78 Å². The third kappa shape index (κ3) is 2.61. The smallest absolute Gasteiger partial charge is 0.133 e. The van der Waals surface area contributed by atoms with Crippen molar-refractivity contribution in [1.82, 2.24) is 0 Å². The molecule has 0 saturated heterocycles. The minimum absolute atomic E-state index is 0.261. The zero-order valence-electron chi connectivity index (χ0n) is 8.30. The molecule has 0 radical (unpaired) electrons. The number of hydrogen-bond donors (Lipinski definition) is 0. The topological polar surface area (TPSA) is 17.1 Å². The summed E-state index contributed by atoms with van der Waals surface area (Å²) >= 11 is 0. The van der Waals surface area contributed by atoms with E-state index < -0.39 is 11.6 Å². The number of benzene rings is 1. The van der Waals surface area contributed by atoms with Crippen LogP contribution in [-0.2, 0) is 11.2 Å². The third-order valence-electron chi connectivity index (χ3n) is 2.79. The van der Waals surface area contributed by atoms with Gasteiger partial charge < -0.3 is 0 Å². The second kappa shape index (κ2) is 4.09. The molecule has 0 bridgehead atoms. The van der Waals surface area contributed by atoms with Gasteiger partial charge >= 0.3 is 0 Å². The first-order valence-electron chi connectivity index (χ1n) is 5.10. The molecule has 0 aliphatic heterocycles. The molecular weight excluding hydrogens is 198 g/mol. The lowest BCUT2D eigenvalue weighted by molar-refractivity contribution is -0.117. The maximum Gasteiger partial charge on any atom is 0.133 e. The molecule has 80 valence electrons. The molecule has 0 N–H and O–H groups in total. The highest BCUT2D eigenvalue weighted by Gasteiger charge is 2.22. The van der Waals surface area contributed by atoms with Crippen LogP contribution in [0.3, 0.4) is 0 Å². The Morgan fingerprint density at radius 3 is 2.40 bits per heavy atom. The zero-order valence-corrected chi connectivity index (χ0v) is 8.30. The first-order chi connectivity index (χ1) is 7.13. The van der Waals surface area contributed by atoms with E-state index in [1.165, 1.54) is 12.1 Å².